The van der Waals surface area contributed by atoms with Gasteiger partial charge in [0.25, 0.3) is 0 Å². The molecule has 0 bridgehead atoms. The molecule has 6 heteroatoms. The van der Waals surface area contributed by atoms with Crippen LogP contribution in [0.5, 0.6) is 11.6 Å². The lowest BCUT2D eigenvalue weighted by molar-refractivity contribution is 0.453. The molecule has 1 heterocycles. The van der Waals surface area contributed by atoms with Crippen molar-refractivity contribution in [2.24, 2.45) is 0 Å². The minimum absolute atomic E-state index is 0.0545. The zero-order valence-corrected chi connectivity index (χ0v) is 12.2. The summed E-state index contributed by atoms with van der Waals surface area (Å²) in [5.41, 5.74) is 0. The van der Waals surface area contributed by atoms with E-state index < -0.39 is 5.82 Å². The molecular weight excluding hydrogens is 281 g/mol. The normalized spacial score (nSPS) is 10.7. The van der Waals surface area contributed by atoms with E-state index in [2.05, 4.69) is 15.3 Å². The Bertz CT molecular complexity index is 619. The monoisotopic (exact) mass is 295 g/mol. The molecule has 1 aromatic heterocycles. The Kier molecular flexibility index (Phi) is 4.39. The molecule has 0 radical (unpaired) electrons. The fourth-order valence-electron chi connectivity index (χ4n) is 1.54. The topological polar surface area (TPSA) is 47.0 Å². The zero-order valence-electron chi connectivity index (χ0n) is 11.4. The number of anilines is 1. The van der Waals surface area contributed by atoms with Crippen molar-refractivity contribution in [1.82, 2.24) is 9.97 Å². The van der Waals surface area contributed by atoms with Crippen LogP contribution in [0.25, 0.3) is 0 Å². The number of nitrogens with zero attached hydrogens (tertiary/aromatic N) is 2. The molecule has 0 aliphatic heterocycles. The van der Waals surface area contributed by atoms with Crippen molar-refractivity contribution in [3.63, 3.8) is 0 Å². The first-order valence-corrected chi connectivity index (χ1v) is 6.57. The largest absolute Gasteiger partial charge is 0.439 e. The van der Waals surface area contributed by atoms with Crippen molar-refractivity contribution in [3.8, 4) is 11.6 Å². The van der Waals surface area contributed by atoms with Gasteiger partial charge in [0.1, 0.15) is 23.2 Å². The van der Waals surface area contributed by atoms with Crippen LogP contribution in [0.3, 0.4) is 0 Å². The van der Waals surface area contributed by atoms with Gasteiger partial charge in [0.05, 0.1) is 5.02 Å². The quantitative estimate of drug-likeness (QED) is 0.917. The smallest absolute Gasteiger partial charge is 0.224 e. The van der Waals surface area contributed by atoms with Crippen molar-refractivity contribution in [1.29, 1.82) is 0 Å². The van der Waals surface area contributed by atoms with Crippen molar-refractivity contribution < 1.29 is 9.13 Å². The number of hydrogen-bond acceptors (Lipinski definition) is 4. The first kappa shape index (κ1) is 14.5. The number of aromatic nitrogens is 2. The van der Waals surface area contributed by atoms with E-state index in [1.807, 2.05) is 13.8 Å². The Balaban J connectivity index is 2.32. The molecule has 0 atom stereocenters. The van der Waals surface area contributed by atoms with E-state index >= 15 is 0 Å². The van der Waals surface area contributed by atoms with E-state index in [1.165, 1.54) is 12.1 Å². The van der Waals surface area contributed by atoms with Crippen molar-refractivity contribution in [2.45, 2.75) is 19.8 Å². The minimum atomic E-state index is -0.531. The van der Waals surface area contributed by atoms with E-state index in [1.54, 1.807) is 19.2 Å². The highest BCUT2D eigenvalue weighted by Gasteiger charge is 2.10. The third-order valence-corrected chi connectivity index (χ3v) is 2.91. The summed E-state index contributed by atoms with van der Waals surface area (Å²) in [6, 6.07) is 5.90. The first-order chi connectivity index (χ1) is 9.49. The number of ether oxygens (including phenoxy) is 1. The predicted molar refractivity (Wildman–Crippen MR) is 77.2 cm³/mol. The molecule has 2 rings (SSSR count). The molecule has 106 valence electrons. The van der Waals surface area contributed by atoms with Gasteiger partial charge in [-0.15, -0.1) is 0 Å². The molecule has 0 saturated carbocycles. The maximum absolute atomic E-state index is 13.4. The van der Waals surface area contributed by atoms with Gasteiger partial charge in [-0.25, -0.2) is 9.37 Å². The predicted octanol–water partition coefficient (Wildman–Crippen LogP) is 4.23. The molecule has 1 N–H and O–H groups in total. The van der Waals surface area contributed by atoms with Crippen LogP contribution in [0, 0.1) is 5.82 Å². The van der Waals surface area contributed by atoms with E-state index in [-0.39, 0.29) is 10.9 Å². The minimum Gasteiger partial charge on any atom is -0.439 e. The average molecular weight is 296 g/mol. The lowest BCUT2D eigenvalue weighted by Gasteiger charge is -2.11. The number of hydrogen-bond donors (Lipinski definition) is 1. The summed E-state index contributed by atoms with van der Waals surface area (Å²) in [6.45, 7) is 3.97. The lowest BCUT2D eigenvalue weighted by Crippen LogP contribution is -2.03. The molecule has 0 aliphatic rings. The molecule has 0 aliphatic carbocycles. The third-order valence-electron chi connectivity index (χ3n) is 2.61. The molecule has 0 spiro atoms. The van der Waals surface area contributed by atoms with Gasteiger partial charge in [0.15, 0.2) is 0 Å². The molecule has 2 aromatic rings. The van der Waals surface area contributed by atoms with Crippen LogP contribution in [0.15, 0.2) is 24.3 Å². The van der Waals surface area contributed by atoms with Gasteiger partial charge in [0, 0.05) is 25.1 Å². The highest BCUT2D eigenvalue weighted by Crippen LogP contribution is 2.26. The van der Waals surface area contributed by atoms with Crippen molar-refractivity contribution in [3.05, 3.63) is 40.9 Å². The van der Waals surface area contributed by atoms with Crippen LogP contribution in [0.1, 0.15) is 25.6 Å². The summed E-state index contributed by atoms with van der Waals surface area (Å²) in [6.07, 6.45) is 0. The molecule has 0 saturated heterocycles. The van der Waals surface area contributed by atoms with Gasteiger partial charge in [-0.05, 0) is 12.1 Å². The summed E-state index contributed by atoms with van der Waals surface area (Å²) >= 11 is 5.63. The summed E-state index contributed by atoms with van der Waals surface area (Å²) < 4.78 is 18.9. The third kappa shape index (κ3) is 3.36. The Morgan fingerprint density at radius 1 is 1.25 bits per heavy atom. The highest BCUT2D eigenvalue weighted by molar-refractivity contribution is 6.30. The number of rotatable bonds is 4. The molecular formula is C14H15ClFN3O. The average Bonchev–Trinajstić information content (AvgIpc) is 2.42. The maximum Gasteiger partial charge on any atom is 0.224 e. The summed E-state index contributed by atoms with van der Waals surface area (Å²) in [5.74, 6) is 1.62. The van der Waals surface area contributed by atoms with Gasteiger partial charge in [-0.3, -0.25) is 0 Å². The van der Waals surface area contributed by atoms with Gasteiger partial charge in [-0.1, -0.05) is 25.4 Å². The summed E-state index contributed by atoms with van der Waals surface area (Å²) in [7, 11) is 1.76. The van der Waals surface area contributed by atoms with Gasteiger partial charge in [-0.2, -0.15) is 4.98 Å². The van der Waals surface area contributed by atoms with Crippen LogP contribution in [-0.2, 0) is 0 Å². The Morgan fingerprint density at radius 3 is 2.60 bits per heavy atom. The molecule has 0 fully saturated rings. The Labute approximate surface area is 122 Å². The Hall–Kier alpha value is -1.88. The van der Waals surface area contributed by atoms with E-state index in [0.717, 1.165) is 0 Å². The second-order valence-electron chi connectivity index (χ2n) is 4.53. The van der Waals surface area contributed by atoms with Gasteiger partial charge in [0.2, 0.25) is 5.88 Å². The highest BCUT2D eigenvalue weighted by atomic mass is 35.5. The lowest BCUT2D eigenvalue weighted by atomic mass is 10.2. The number of benzene rings is 1. The number of halogens is 2. The van der Waals surface area contributed by atoms with Crippen molar-refractivity contribution in [2.75, 3.05) is 12.4 Å². The van der Waals surface area contributed by atoms with Gasteiger partial charge >= 0.3 is 0 Å². The van der Waals surface area contributed by atoms with E-state index in [4.69, 9.17) is 16.3 Å². The number of nitrogens with one attached hydrogen (secondary N) is 1. The van der Waals surface area contributed by atoms with Crippen LogP contribution in [-0.4, -0.2) is 17.0 Å². The Morgan fingerprint density at radius 2 is 2.00 bits per heavy atom. The molecule has 0 unspecified atom stereocenters. The molecule has 20 heavy (non-hydrogen) atoms. The standard InChI is InChI=1S/C14H15ClFN3O/c1-8(2)14-18-12(17-3)7-13(19-14)20-9-4-5-10(15)11(16)6-9/h4-8H,1-3H3,(H,17,18,19). The fourth-order valence-corrected chi connectivity index (χ4v) is 1.66. The van der Waals surface area contributed by atoms with Crippen LogP contribution >= 0.6 is 11.6 Å². The summed E-state index contributed by atoms with van der Waals surface area (Å²) in [5, 5.41) is 3.00. The second kappa shape index (κ2) is 6.05. The first-order valence-electron chi connectivity index (χ1n) is 6.19. The molecule has 4 nitrogen and oxygen atoms in total. The van der Waals surface area contributed by atoms with E-state index in [0.29, 0.717) is 23.3 Å². The van der Waals surface area contributed by atoms with Crippen LogP contribution < -0.4 is 10.1 Å². The van der Waals surface area contributed by atoms with Crippen LogP contribution in [0.2, 0.25) is 5.02 Å². The maximum atomic E-state index is 13.4. The molecule has 0 amide bonds. The SMILES string of the molecule is CNc1cc(Oc2ccc(Cl)c(F)c2)nc(C(C)C)n1. The second-order valence-corrected chi connectivity index (χ2v) is 4.94. The molecule has 1 aromatic carbocycles. The fraction of sp³-hybridized carbons (Fsp3) is 0.286. The van der Waals surface area contributed by atoms with Gasteiger partial charge < -0.3 is 10.1 Å². The van der Waals surface area contributed by atoms with Crippen molar-refractivity contribution >= 4 is 17.4 Å². The van der Waals surface area contributed by atoms with E-state index in [9.17, 15) is 4.39 Å². The van der Waals surface area contributed by atoms with Crippen LogP contribution in [0.4, 0.5) is 10.2 Å². The summed E-state index contributed by atoms with van der Waals surface area (Å²) in [4.78, 5) is 8.63. The zero-order chi connectivity index (χ0) is 14.7.